The Bertz CT molecular complexity index is 369. The van der Waals surface area contributed by atoms with Crippen LogP contribution in [0.2, 0.25) is 10.0 Å². The van der Waals surface area contributed by atoms with Gasteiger partial charge in [-0.25, -0.2) is 0 Å². The van der Waals surface area contributed by atoms with Gasteiger partial charge in [-0.2, -0.15) is 0 Å². The standard InChI is InChI=1S/C11H13Cl2NO2/c12-8-3-4-10(13)9(7-8)11(16)14-5-1-2-6-15/h3-4,7,15H,1-2,5-6H2,(H,14,16). The van der Waals surface area contributed by atoms with Crippen LogP contribution < -0.4 is 5.32 Å². The minimum Gasteiger partial charge on any atom is -0.396 e. The van der Waals surface area contributed by atoms with Crippen LogP contribution in [0.1, 0.15) is 23.2 Å². The molecule has 88 valence electrons. The van der Waals surface area contributed by atoms with E-state index in [1.54, 1.807) is 12.1 Å². The molecule has 0 bridgehead atoms. The SMILES string of the molecule is O=C(NCCCCO)c1cc(Cl)ccc1Cl. The summed E-state index contributed by atoms with van der Waals surface area (Å²) in [5.74, 6) is -0.245. The molecule has 0 heterocycles. The summed E-state index contributed by atoms with van der Waals surface area (Å²) >= 11 is 11.6. The quantitative estimate of drug-likeness (QED) is 0.801. The van der Waals surface area contributed by atoms with Gasteiger partial charge in [0, 0.05) is 18.2 Å². The Morgan fingerprint density at radius 1 is 1.31 bits per heavy atom. The number of unbranched alkanes of at least 4 members (excludes halogenated alkanes) is 1. The molecule has 0 saturated heterocycles. The molecule has 0 aromatic heterocycles. The lowest BCUT2D eigenvalue weighted by Gasteiger charge is -2.06. The molecule has 0 unspecified atom stereocenters. The number of hydrogen-bond donors (Lipinski definition) is 2. The van der Waals surface area contributed by atoms with Crippen molar-refractivity contribution in [2.45, 2.75) is 12.8 Å². The van der Waals surface area contributed by atoms with Gasteiger partial charge in [0.1, 0.15) is 0 Å². The molecule has 2 N–H and O–H groups in total. The highest BCUT2D eigenvalue weighted by molar-refractivity contribution is 6.35. The summed E-state index contributed by atoms with van der Waals surface area (Å²) in [6.45, 7) is 0.649. The van der Waals surface area contributed by atoms with Crippen molar-refractivity contribution >= 4 is 29.1 Å². The summed E-state index contributed by atoms with van der Waals surface area (Å²) in [5.41, 5.74) is 0.373. The lowest BCUT2D eigenvalue weighted by Crippen LogP contribution is -2.24. The average molecular weight is 262 g/mol. The van der Waals surface area contributed by atoms with E-state index in [-0.39, 0.29) is 12.5 Å². The number of hydrogen-bond acceptors (Lipinski definition) is 2. The topological polar surface area (TPSA) is 49.3 Å². The molecular weight excluding hydrogens is 249 g/mol. The lowest BCUT2D eigenvalue weighted by molar-refractivity contribution is 0.0952. The molecule has 1 aromatic rings. The van der Waals surface area contributed by atoms with Crippen LogP contribution in [0.4, 0.5) is 0 Å². The molecule has 0 radical (unpaired) electrons. The second-order valence-corrected chi connectivity index (χ2v) is 4.15. The zero-order valence-electron chi connectivity index (χ0n) is 8.67. The molecule has 0 atom stereocenters. The van der Waals surface area contributed by atoms with E-state index in [0.29, 0.717) is 28.6 Å². The Morgan fingerprint density at radius 3 is 2.75 bits per heavy atom. The molecule has 0 aliphatic rings. The number of aliphatic hydroxyl groups is 1. The number of carbonyl (C=O) groups is 1. The summed E-state index contributed by atoms with van der Waals surface area (Å²) in [7, 11) is 0. The van der Waals surface area contributed by atoms with E-state index < -0.39 is 0 Å². The Balaban J connectivity index is 2.55. The van der Waals surface area contributed by atoms with Gasteiger partial charge in [0.25, 0.3) is 5.91 Å². The fraction of sp³-hybridized carbons (Fsp3) is 0.364. The smallest absolute Gasteiger partial charge is 0.252 e. The van der Waals surface area contributed by atoms with Gasteiger partial charge in [0.2, 0.25) is 0 Å². The van der Waals surface area contributed by atoms with E-state index in [4.69, 9.17) is 28.3 Å². The molecule has 16 heavy (non-hydrogen) atoms. The zero-order chi connectivity index (χ0) is 12.0. The van der Waals surface area contributed by atoms with Gasteiger partial charge in [-0.1, -0.05) is 23.2 Å². The lowest BCUT2D eigenvalue weighted by atomic mass is 10.2. The number of amides is 1. The fourth-order valence-electron chi connectivity index (χ4n) is 1.21. The summed E-state index contributed by atoms with van der Waals surface area (Å²) in [4.78, 5) is 11.7. The van der Waals surface area contributed by atoms with Crippen molar-refractivity contribution in [3.63, 3.8) is 0 Å². The maximum absolute atomic E-state index is 11.7. The predicted molar refractivity (Wildman–Crippen MR) is 65.1 cm³/mol. The monoisotopic (exact) mass is 261 g/mol. The highest BCUT2D eigenvalue weighted by Gasteiger charge is 2.09. The first-order valence-electron chi connectivity index (χ1n) is 4.99. The molecule has 0 fully saturated rings. The van der Waals surface area contributed by atoms with Crippen LogP contribution in [-0.2, 0) is 0 Å². The molecule has 0 aliphatic carbocycles. The minimum absolute atomic E-state index is 0.133. The van der Waals surface area contributed by atoms with Gasteiger partial charge in [-0.3, -0.25) is 4.79 Å². The first-order chi connectivity index (χ1) is 7.65. The van der Waals surface area contributed by atoms with Crippen LogP contribution in [0, 0.1) is 0 Å². The summed E-state index contributed by atoms with van der Waals surface area (Å²) in [6, 6.07) is 4.75. The van der Waals surface area contributed by atoms with Gasteiger partial charge >= 0.3 is 0 Å². The molecule has 1 rings (SSSR count). The van der Waals surface area contributed by atoms with Crippen LogP contribution in [0.5, 0.6) is 0 Å². The molecular formula is C11H13Cl2NO2. The number of carbonyl (C=O) groups excluding carboxylic acids is 1. The maximum atomic E-state index is 11.7. The third-order valence-electron chi connectivity index (χ3n) is 2.04. The first-order valence-corrected chi connectivity index (χ1v) is 5.75. The first kappa shape index (κ1) is 13.3. The molecule has 0 spiro atoms. The third-order valence-corrected chi connectivity index (χ3v) is 2.61. The molecule has 1 aromatic carbocycles. The Hall–Kier alpha value is -0.770. The predicted octanol–water partition coefficient (Wildman–Crippen LogP) is 2.50. The second-order valence-electron chi connectivity index (χ2n) is 3.31. The highest BCUT2D eigenvalue weighted by atomic mass is 35.5. The molecule has 3 nitrogen and oxygen atoms in total. The van der Waals surface area contributed by atoms with Crippen LogP contribution >= 0.6 is 23.2 Å². The van der Waals surface area contributed by atoms with E-state index in [9.17, 15) is 4.79 Å². The number of benzene rings is 1. The third kappa shape index (κ3) is 4.00. The van der Waals surface area contributed by atoms with Crippen molar-refractivity contribution in [3.8, 4) is 0 Å². The number of rotatable bonds is 5. The normalized spacial score (nSPS) is 10.2. The summed E-state index contributed by atoms with van der Waals surface area (Å²) in [6.07, 6.45) is 1.41. The van der Waals surface area contributed by atoms with Gasteiger partial charge < -0.3 is 10.4 Å². The molecule has 5 heteroatoms. The van der Waals surface area contributed by atoms with E-state index in [1.165, 1.54) is 6.07 Å². The zero-order valence-corrected chi connectivity index (χ0v) is 10.2. The Morgan fingerprint density at radius 2 is 2.06 bits per heavy atom. The van der Waals surface area contributed by atoms with Crippen molar-refractivity contribution in [2.24, 2.45) is 0 Å². The van der Waals surface area contributed by atoms with Crippen molar-refractivity contribution in [1.82, 2.24) is 5.32 Å². The van der Waals surface area contributed by atoms with Crippen LogP contribution in [0.15, 0.2) is 18.2 Å². The largest absolute Gasteiger partial charge is 0.396 e. The number of halogens is 2. The van der Waals surface area contributed by atoms with Crippen LogP contribution in [-0.4, -0.2) is 24.2 Å². The molecule has 0 aliphatic heterocycles. The van der Waals surface area contributed by atoms with Crippen molar-refractivity contribution in [2.75, 3.05) is 13.2 Å². The van der Waals surface area contributed by atoms with Crippen molar-refractivity contribution in [1.29, 1.82) is 0 Å². The van der Waals surface area contributed by atoms with E-state index >= 15 is 0 Å². The Kier molecular flexibility index (Phi) is 5.60. The van der Waals surface area contributed by atoms with Crippen LogP contribution in [0.25, 0.3) is 0 Å². The highest BCUT2D eigenvalue weighted by Crippen LogP contribution is 2.20. The summed E-state index contributed by atoms with van der Waals surface area (Å²) < 4.78 is 0. The second kappa shape index (κ2) is 6.74. The number of nitrogens with one attached hydrogen (secondary N) is 1. The van der Waals surface area contributed by atoms with Gasteiger partial charge in [-0.05, 0) is 31.0 Å². The molecule has 0 saturated carbocycles. The van der Waals surface area contributed by atoms with Crippen molar-refractivity contribution < 1.29 is 9.90 Å². The maximum Gasteiger partial charge on any atom is 0.252 e. The van der Waals surface area contributed by atoms with E-state index in [0.717, 1.165) is 6.42 Å². The molecule has 1 amide bonds. The minimum atomic E-state index is -0.245. The van der Waals surface area contributed by atoms with Gasteiger partial charge in [0.15, 0.2) is 0 Å². The fourth-order valence-corrected chi connectivity index (χ4v) is 1.58. The van der Waals surface area contributed by atoms with Crippen LogP contribution in [0.3, 0.4) is 0 Å². The van der Waals surface area contributed by atoms with Crippen molar-refractivity contribution in [3.05, 3.63) is 33.8 Å². The Labute approximate surface area is 104 Å². The average Bonchev–Trinajstić information content (AvgIpc) is 2.27. The summed E-state index contributed by atoms with van der Waals surface area (Å²) in [5, 5.41) is 12.1. The van der Waals surface area contributed by atoms with E-state index in [1.807, 2.05) is 0 Å². The van der Waals surface area contributed by atoms with E-state index in [2.05, 4.69) is 5.32 Å². The van der Waals surface area contributed by atoms with Gasteiger partial charge in [-0.15, -0.1) is 0 Å². The number of aliphatic hydroxyl groups excluding tert-OH is 1. The van der Waals surface area contributed by atoms with Gasteiger partial charge in [0.05, 0.1) is 10.6 Å².